The predicted octanol–water partition coefficient (Wildman–Crippen LogP) is 5.31. The molecule has 178 valence electrons. The molecular weight excluding hydrogens is 430 g/mol. The number of rotatable bonds is 9. The van der Waals surface area contributed by atoms with Gasteiger partial charge in [0.2, 0.25) is 0 Å². The minimum Gasteiger partial charge on any atom is -0.493 e. The first kappa shape index (κ1) is 23.6. The molecule has 1 aliphatic rings. The first-order valence-corrected chi connectivity index (χ1v) is 11.6. The maximum atomic E-state index is 12.2. The number of likely N-dealkylation sites (tertiary alicyclic amines) is 1. The van der Waals surface area contributed by atoms with Gasteiger partial charge in [-0.2, -0.15) is 0 Å². The summed E-state index contributed by atoms with van der Waals surface area (Å²) in [5.41, 5.74) is 3.02. The van der Waals surface area contributed by atoms with Crippen LogP contribution in [0, 0.1) is 0 Å². The monoisotopic (exact) mass is 461 g/mol. The Balaban J connectivity index is 1.71. The van der Waals surface area contributed by atoms with Gasteiger partial charge in [-0.25, -0.2) is 0 Å². The summed E-state index contributed by atoms with van der Waals surface area (Å²) in [5, 5.41) is 9.99. The lowest BCUT2D eigenvalue weighted by Crippen LogP contribution is -2.46. The van der Waals surface area contributed by atoms with Crippen LogP contribution in [0.1, 0.15) is 42.0 Å². The van der Waals surface area contributed by atoms with Crippen molar-refractivity contribution in [1.82, 2.24) is 4.90 Å². The molecule has 0 aromatic heterocycles. The lowest BCUT2D eigenvalue weighted by atomic mass is 9.91. The molecule has 34 heavy (non-hydrogen) atoms. The van der Waals surface area contributed by atoms with E-state index < -0.39 is 12.0 Å². The zero-order chi connectivity index (χ0) is 23.9. The van der Waals surface area contributed by atoms with E-state index in [9.17, 15) is 9.90 Å². The van der Waals surface area contributed by atoms with E-state index in [2.05, 4.69) is 4.90 Å². The molecular formula is C28H31NO5. The molecule has 1 fully saturated rings. The van der Waals surface area contributed by atoms with Crippen molar-refractivity contribution in [3.63, 3.8) is 0 Å². The highest BCUT2D eigenvalue weighted by Gasteiger charge is 2.35. The molecule has 2 unspecified atom stereocenters. The van der Waals surface area contributed by atoms with E-state index >= 15 is 0 Å². The molecule has 0 aliphatic carbocycles. The van der Waals surface area contributed by atoms with Gasteiger partial charge in [-0.05, 0) is 60.3 Å². The summed E-state index contributed by atoms with van der Waals surface area (Å²) >= 11 is 0. The maximum Gasteiger partial charge on any atom is 0.320 e. The standard InChI is InChI=1S/C28H31NO5/c1-32-25-15-14-22(18-26(25)33-2)27(29-16-7-6-13-24(29)28(30)31)21-11-8-12-23(17-21)34-19-20-9-4-3-5-10-20/h3-5,8-12,14-15,17-18,24,27H,6-7,13,16,19H2,1-2H3,(H,30,31). The number of methoxy groups -OCH3 is 2. The Hall–Kier alpha value is -3.51. The number of hydrogen-bond acceptors (Lipinski definition) is 5. The van der Waals surface area contributed by atoms with Crippen LogP contribution in [0.4, 0.5) is 0 Å². The minimum atomic E-state index is -0.790. The van der Waals surface area contributed by atoms with Gasteiger partial charge in [0.1, 0.15) is 18.4 Å². The summed E-state index contributed by atoms with van der Waals surface area (Å²) in [5.74, 6) is 1.21. The second-order valence-corrected chi connectivity index (χ2v) is 8.45. The van der Waals surface area contributed by atoms with Crippen LogP contribution in [0.15, 0.2) is 72.8 Å². The number of ether oxygens (including phenoxy) is 3. The van der Waals surface area contributed by atoms with Gasteiger partial charge in [0.15, 0.2) is 11.5 Å². The molecule has 1 saturated heterocycles. The third-order valence-corrected chi connectivity index (χ3v) is 6.31. The zero-order valence-corrected chi connectivity index (χ0v) is 19.6. The Morgan fingerprint density at radius 1 is 0.941 bits per heavy atom. The predicted molar refractivity (Wildman–Crippen MR) is 131 cm³/mol. The van der Waals surface area contributed by atoms with Crippen molar-refractivity contribution in [3.05, 3.63) is 89.5 Å². The van der Waals surface area contributed by atoms with Gasteiger partial charge >= 0.3 is 5.97 Å². The topological polar surface area (TPSA) is 68.2 Å². The molecule has 6 nitrogen and oxygen atoms in total. The summed E-state index contributed by atoms with van der Waals surface area (Å²) in [6.07, 6.45) is 2.49. The third kappa shape index (κ3) is 5.34. The quantitative estimate of drug-likeness (QED) is 0.466. The molecule has 4 rings (SSSR count). The van der Waals surface area contributed by atoms with Crippen molar-refractivity contribution in [1.29, 1.82) is 0 Å². The highest BCUT2D eigenvalue weighted by atomic mass is 16.5. The number of nitrogens with zero attached hydrogens (tertiary/aromatic N) is 1. The smallest absolute Gasteiger partial charge is 0.320 e. The van der Waals surface area contributed by atoms with Crippen LogP contribution in [0.5, 0.6) is 17.2 Å². The van der Waals surface area contributed by atoms with Gasteiger partial charge in [0.05, 0.1) is 20.3 Å². The number of piperidine rings is 1. The summed E-state index contributed by atoms with van der Waals surface area (Å²) in [7, 11) is 3.21. The van der Waals surface area contributed by atoms with Crippen molar-refractivity contribution >= 4 is 5.97 Å². The van der Waals surface area contributed by atoms with E-state index in [0.29, 0.717) is 31.1 Å². The summed E-state index contributed by atoms with van der Waals surface area (Å²) in [4.78, 5) is 14.3. The molecule has 3 aromatic carbocycles. The number of carboxylic acid groups (broad SMARTS) is 1. The van der Waals surface area contributed by atoms with Gasteiger partial charge in [0.25, 0.3) is 0 Å². The van der Waals surface area contributed by atoms with Crippen LogP contribution < -0.4 is 14.2 Å². The van der Waals surface area contributed by atoms with E-state index in [0.717, 1.165) is 35.3 Å². The normalized spacial score (nSPS) is 17.1. The third-order valence-electron chi connectivity index (χ3n) is 6.31. The Morgan fingerprint density at radius 2 is 1.71 bits per heavy atom. The Labute approximate surface area is 200 Å². The molecule has 0 bridgehead atoms. The Bertz CT molecular complexity index is 1100. The fourth-order valence-corrected chi connectivity index (χ4v) is 4.64. The van der Waals surface area contributed by atoms with E-state index in [1.165, 1.54) is 0 Å². The highest BCUT2D eigenvalue weighted by Crippen LogP contribution is 2.39. The molecule has 1 aliphatic heterocycles. The van der Waals surface area contributed by atoms with Gasteiger partial charge in [-0.1, -0.05) is 55.0 Å². The number of carboxylic acids is 1. The van der Waals surface area contributed by atoms with E-state index in [1.807, 2.05) is 72.8 Å². The van der Waals surface area contributed by atoms with Crippen LogP contribution in [0.3, 0.4) is 0 Å². The van der Waals surface area contributed by atoms with Crippen LogP contribution in [0.25, 0.3) is 0 Å². The molecule has 3 aromatic rings. The molecule has 0 spiro atoms. The van der Waals surface area contributed by atoms with Crippen molar-refractivity contribution in [2.24, 2.45) is 0 Å². The van der Waals surface area contributed by atoms with E-state index in [1.54, 1.807) is 14.2 Å². The first-order valence-electron chi connectivity index (χ1n) is 11.6. The van der Waals surface area contributed by atoms with Crippen LogP contribution in [-0.2, 0) is 11.4 Å². The lowest BCUT2D eigenvalue weighted by molar-refractivity contribution is -0.145. The highest BCUT2D eigenvalue weighted by molar-refractivity contribution is 5.73. The fraction of sp³-hybridized carbons (Fsp3) is 0.321. The lowest BCUT2D eigenvalue weighted by Gasteiger charge is -2.39. The van der Waals surface area contributed by atoms with E-state index in [-0.39, 0.29) is 6.04 Å². The van der Waals surface area contributed by atoms with Crippen LogP contribution in [-0.4, -0.2) is 42.8 Å². The van der Waals surface area contributed by atoms with Crippen LogP contribution in [0.2, 0.25) is 0 Å². The second kappa shape index (κ2) is 11.1. The number of benzene rings is 3. The summed E-state index contributed by atoms with van der Waals surface area (Å²) in [6, 6.07) is 22.9. The molecule has 1 N–H and O–H groups in total. The van der Waals surface area contributed by atoms with Gasteiger partial charge < -0.3 is 19.3 Å². The molecule has 2 atom stereocenters. The first-order chi connectivity index (χ1) is 16.6. The molecule has 1 heterocycles. The van der Waals surface area contributed by atoms with E-state index in [4.69, 9.17) is 14.2 Å². The van der Waals surface area contributed by atoms with Gasteiger partial charge in [0, 0.05) is 0 Å². The molecule has 0 radical (unpaired) electrons. The average molecular weight is 462 g/mol. The average Bonchev–Trinajstić information content (AvgIpc) is 2.88. The largest absolute Gasteiger partial charge is 0.493 e. The number of aliphatic carboxylic acids is 1. The van der Waals surface area contributed by atoms with Gasteiger partial charge in [-0.3, -0.25) is 9.69 Å². The summed E-state index contributed by atoms with van der Waals surface area (Å²) in [6.45, 7) is 1.16. The SMILES string of the molecule is COc1ccc(C(c2cccc(OCc3ccccc3)c2)N2CCCCC2C(=O)O)cc1OC. The second-order valence-electron chi connectivity index (χ2n) is 8.45. The van der Waals surface area contributed by atoms with Crippen molar-refractivity contribution in [2.45, 2.75) is 38.0 Å². The molecule has 0 saturated carbocycles. The Morgan fingerprint density at radius 3 is 2.44 bits per heavy atom. The summed E-state index contributed by atoms with van der Waals surface area (Å²) < 4.78 is 17.1. The van der Waals surface area contributed by atoms with Crippen molar-refractivity contribution < 1.29 is 24.1 Å². The number of hydrogen-bond donors (Lipinski definition) is 1. The Kier molecular flexibility index (Phi) is 7.70. The van der Waals surface area contributed by atoms with Gasteiger partial charge in [-0.15, -0.1) is 0 Å². The molecule has 6 heteroatoms. The molecule has 0 amide bonds. The maximum absolute atomic E-state index is 12.2. The zero-order valence-electron chi connectivity index (χ0n) is 19.6. The number of carbonyl (C=O) groups is 1. The van der Waals surface area contributed by atoms with Crippen molar-refractivity contribution in [2.75, 3.05) is 20.8 Å². The van der Waals surface area contributed by atoms with Crippen molar-refractivity contribution in [3.8, 4) is 17.2 Å². The minimum absolute atomic E-state index is 0.263. The fourth-order valence-electron chi connectivity index (χ4n) is 4.64. The van der Waals surface area contributed by atoms with Crippen LogP contribution >= 0.6 is 0 Å².